The highest BCUT2D eigenvalue weighted by Crippen LogP contribution is 2.17. The number of nitrogen functional groups attached to an aromatic ring is 2. The highest BCUT2D eigenvalue weighted by Gasteiger charge is 2.11. The number of hydrogen-bond donors (Lipinski definition) is 2. The molecular weight excluding hydrogens is 294 g/mol. The summed E-state index contributed by atoms with van der Waals surface area (Å²) in [7, 11) is 1.77. The fourth-order valence-corrected chi connectivity index (χ4v) is 2.98. The standard InChI is InChI=1S/C12H15N5OS2/c1-17(5-8-2-3-19-6-8)11(18)7-20-12-15-9(13)4-10(14)16-12/h2-4,6H,5,7H2,1H3,(H4,13,14,15,16). The van der Waals surface area contributed by atoms with E-state index in [2.05, 4.69) is 9.97 Å². The maximum Gasteiger partial charge on any atom is 0.233 e. The molecule has 0 unspecified atom stereocenters. The smallest absolute Gasteiger partial charge is 0.233 e. The van der Waals surface area contributed by atoms with Crippen molar-refractivity contribution in [3.05, 3.63) is 28.5 Å². The van der Waals surface area contributed by atoms with E-state index >= 15 is 0 Å². The molecule has 2 rings (SSSR count). The molecule has 4 N–H and O–H groups in total. The first kappa shape index (κ1) is 14.6. The quantitative estimate of drug-likeness (QED) is 0.641. The lowest BCUT2D eigenvalue weighted by Gasteiger charge is -2.15. The molecule has 2 heterocycles. The molecule has 0 radical (unpaired) electrons. The van der Waals surface area contributed by atoms with E-state index in [1.165, 1.54) is 17.8 Å². The molecular formula is C12H15N5OS2. The lowest BCUT2D eigenvalue weighted by atomic mass is 10.3. The first-order chi connectivity index (χ1) is 9.54. The molecule has 0 atom stereocenters. The van der Waals surface area contributed by atoms with Gasteiger partial charge in [0.15, 0.2) is 5.16 Å². The van der Waals surface area contributed by atoms with Crippen molar-refractivity contribution in [2.75, 3.05) is 24.3 Å². The van der Waals surface area contributed by atoms with Crippen LogP contribution in [-0.2, 0) is 11.3 Å². The Balaban J connectivity index is 1.88. The van der Waals surface area contributed by atoms with Crippen molar-refractivity contribution in [3.63, 3.8) is 0 Å². The van der Waals surface area contributed by atoms with Crippen molar-refractivity contribution in [3.8, 4) is 0 Å². The number of carbonyl (C=O) groups is 1. The number of aromatic nitrogens is 2. The summed E-state index contributed by atoms with van der Waals surface area (Å²) in [5.41, 5.74) is 12.3. The predicted molar refractivity (Wildman–Crippen MR) is 82.4 cm³/mol. The predicted octanol–water partition coefficient (Wildman–Crippen LogP) is 1.45. The molecule has 0 aromatic carbocycles. The summed E-state index contributed by atoms with van der Waals surface area (Å²) in [4.78, 5) is 21.7. The van der Waals surface area contributed by atoms with E-state index in [0.29, 0.717) is 23.3 Å². The van der Waals surface area contributed by atoms with Crippen LogP contribution >= 0.6 is 23.1 Å². The molecule has 2 aromatic rings. The Morgan fingerprint density at radius 3 is 2.70 bits per heavy atom. The molecule has 106 valence electrons. The zero-order chi connectivity index (χ0) is 14.5. The van der Waals surface area contributed by atoms with Crippen LogP contribution < -0.4 is 11.5 Å². The third-order valence-electron chi connectivity index (χ3n) is 2.50. The van der Waals surface area contributed by atoms with Crippen molar-refractivity contribution in [2.24, 2.45) is 0 Å². The third kappa shape index (κ3) is 4.10. The zero-order valence-corrected chi connectivity index (χ0v) is 12.6. The normalized spacial score (nSPS) is 10.4. The second-order valence-electron chi connectivity index (χ2n) is 4.17. The first-order valence-electron chi connectivity index (χ1n) is 5.82. The molecule has 1 amide bonds. The number of nitrogens with zero attached hydrogens (tertiary/aromatic N) is 3. The van der Waals surface area contributed by atoms with E-state index in [0.717, 1.165) is 5.56 Å². The summed E-state index contributed by atoms with van der Waals surface area (Å²) >= 11 is 2.84. The highest BCUT2D eigenvalue weighted by atomic mass is 32.2. The number of thioether (sulfide) groups is 1. The van der Waals surface area contributed by atoms with Crippen LogP contribution in [0, 0.1) is 0 Å². The molecule has 20 heavy (non-hydrogen) atoms. The van der Waals surface area contributed by atoms with Crippen LogP contribution in [0.1, 0.15) is 5.56 Å². The van der Waals surface area contributed by atoms with Crippen molar-refractivity contribution in [1.29, 1.82) is 0 Å². The topological polar surface area (TPSA) is 98.1 Å². The Bertz CT molecular complexity index is 567. The molecule has 0 aliphatic carbocycles. The second-order valence-corrected chi connectivity index (χ2v) is 5.89. The van der Waals surface area contributed by atoms with Gasteiger partial charge in [0.2, 0.25) is 5.91 Å². The minimum absolute atomic E-state index is 0.00537. The lowest BCUT2D eigenvalue weighted by molar-refractivity contribution is -0.127. The van der Waals surface area contributed by atoms with Gasteiger partial charge in [0, 0.05) is 19.7 Å². The molecule has 8 heteroatoms. The van der Waals surface area contributed by atoms with Crippen LogP contribution in [0.15, 0.2) is 28.0 Å². The molecule has 0 aliphatic rings. The van der Waals surface area contributed by atoms with Crippen LogP contribution in [0.5, 0.6) is 0 Å². The van der Waals surface area contributed by atoms with Crippen LogP contribution in [0.3, 0.4) is 0 Å². The summed E-state index contributed by atoms with van der Waals surface area (Å²) in [6.45, 7) is 0.600. The molecule has 0 aliphatic heterocycles. The van der Waals surface area contributed by atoms with Crippen molar-refractivity contribution < 1.29 is 4.79 Å². The molecule has 2 aromatic heterocycles. The first-order valence-corrected chi connectivity index (χ1v) is 7.75. The van der Waals surface area contributed by atoms with Crippen LogP contribution in [-0.4, -0.2) is 33.6 Å². The van der Waals surface area contributed by atoms with Gasteiger partial charge in [-0.2, -0.15) is 11.3 Å². The monoisotopic (exact) mass is 309 g/mol. The van der Waals surface area contributed by atoms with E-state index < -0.39 is 0 Å². The number of anilines is 2. The minimum Gasteiger partial charge on any atom is -0.383 e. The molecule has 0 fully saturated rings. The number of rotatable bonds is 5. The van der Waals surface area contributed by atoms with Crippen LogP contribution in [0.4, 0.5) is 11.6 Å². The maximum atomic E-state index is 12.0. The largest absolute Gasteiger partial charge is 0.383 e. The molecule has 0 spiro atoms. The van der Waals surface area contributed by atoms with Crippen molar-refractivity contribution >= 4 is 40.6 Å². The van der Waals surface area contributed by atoms with Crippen molar-refractivity contribution in [1.82, 2.24) is 14.9 Å². The minimum atomic E-state index is 0.00537. The van der Waals surface area contributed by atoms with Gasteiger partial charge in [-0.25, -0.2) is 9.97 Å². The number of carbonyl (C=O) groups excluding carboxylic acids is 1. The van der Waals surface area contributed by atoms with Gasteiger partial charge < -0.3 is 16.4 Å². The number of amides is 1. The van der Waals surface area contributed by atoms with E-state index in [9.17, 15) is 4.79 Å². The highest BCUT2D eigenvalue weighted by molar-refractivity contribution is 7.99. The summed E-state index contributed by atoms with van der Waals surface area (Å²) in [5.74, 6) is 0.868. The van der Waals surface area contributed by atoms with Gasteiger partial charge in [-0.3, -0.25) is 4.79 Å². The van der Waals surface area contributed by atoms with Crippen LogP contribution in [0.25, 0.3) is 0 Å². The van der Waals surface area contributed by atoms with Gasteiger partial charge in [-0.1, -0.05) is 11.8 Å². The van der Waals surface area contributed by atoms with E-state index in [1.54, 1.807) is 23.3 Å². The Hall–Kier alpha value is -1.80. The van der Waals surface area contributed by atoms with Gasteiger partial charge in [0.05, 0.1) is 5.75 Å². The molecule has 0 saturated carbocycles. The number of hydrogen-bond acceptors (Lipinski definition) is 7. The van der Waals surface area contributed by atoms with Gasteiger partial charge in [0.25, 0.3) is 0 Å². The second kappa shape index (κ2) is 6.58. The summed E-state index contributed by atoms with van der Waals surface area (Å²) in [6, 6.07) is 3.48. The Kier molecular flexibility index (Phi) is 4.80. The Morgan fingerprint density at radius 2 is 2.10 bits per heavy atom. The van der Waals surface area contributed by atoms with E-state index in [4.69, 9.17) is 11.5 Å². The van der Waals surface area contributed by atoms with Gasteiger partial charge >= 0.3 is 0 Å². The zero-order valence-electron chi connectivity index (χ0n) is 10.9. The van der Waals surface area contributed by atoms with Crippen LogP contribution in [0.2, 0.25) is 0 Å². The third-order valence-corrected chi connectivity index (χ3v) is 4.06. The fraction of sp³-hybridized carbons (Fsp3) is 0.250. The maximum absolute atomic E-state index is 12.0. The average molecular weight is 309 g/mol. The SMILES string of the molecule is CN(Cc1ccsc1)C(=O)CSc1nc(N)cc(N)n1. The summed E-state index contributed by atoms with van der Waals surface area (Å²) in [5, 5.41) is 4.43. The van der Waals surface area contributed by atoms with E-state index in [1.807, 2.05) is 16.8 Å². The van der Waals surface area contributed by atoms with Gasteiger partial charge in [-0.15, -0.1) is 0 Å². The lowest BCUT2D eigenvalue weighted by Crippen LogP contribution is -2.27. The number of nitrogens with two attached hydrogens (primary N) is 2. The summed E-state index contributed by atoms with van der Waals surface area (Å²) in [6.07, 6.45) is 0. The number of thiophene rings is 1. The fourth-order valence-electron chi connectivity index (χ4n) is 1.51. The molecule has 6 nitrogen and oxygen atoms in total. The van der Waals surface area contributed by atoms with Crippen molar-refractivity contribution in [2.45, 2.75) is 11.7 Å². The van der Waals surface area contributed by atoms with Gasteiger partial charge in [-0.05, 0) is 22.4 Å². The van der Waals surface area contributed by atoms with E-state index in [-0.39, 0.29) is 11.7 Å². The molecule has 0 bridgehead atoms. The Morgan fingerprint density at radius 1 is 1.40 bits per heavy atom. The molecule has 0 saturated heterocycles. The average Bonchev–Trinajstić information content (AvgIpc) is 2.87. The Labute approximate surface area is 125 Å². The van der Waals surface area contributed by atoms with Gasteiger partial charge in [0.1, 0.15) is 11.6 Å². The summed E-state index contributed by atoms with van der Waals surface area (Å²) < 4.78 is 0.